The van der Waals surface area contributed by atoms with Gasteiger partial charge in [-0.1, -0.05) is 24.3 Å². The van der Waals surface area contributed by atoms with Crippen molar-refractivity contribution in [3.63, 3.8) is 0 Å². The fourth-order valence-electron chi connectivity index (χ4n) is 2.17. The summed E-state index contributed by atoms with van der Waals surface area (Å²) in [4.78, 5) is 18.5. The normalized spacial score (nSPS) is 10.1. The number of anilines is 1. The van der Waals surface area contributed by atoms with E-state index >= 15 is 0 Å². The van der Waals surface area contributed by atoms with Crippen LogP contribution in [0.3, 0.4) is 0 Å². The van der Waals surface area contributed by atoms with Gasteiger partial charge in [-0.15, -0.1) is 0 Å². The molecule has 3 aromatic rings. The van der Waals surface area contributed by atoms with E-state index in [1.807, 2.05) is 6.07 Å². The van der Waals surface area contributed by atoms with Crippen LogP contribution in [-0.4, -0.2) is 14.9 Å². The van der Waals surface area contributed by atoms with Gasteiger partial charge in [0.15, 0.2) is 11.6 Å². The number of benzene rings is 2. The number of aromatic nitrogens is 2. The molecule has 0 aliphatic rings. The molecular formula is C18H12FN5O3S. The monoisotopic (exact) mass is 397 g/mol. The smallest absolute Gasteiger partial charge is 0.318 e. The number of nitriles is 1. The summed E-state index contributed by atoms with van der Waals surface area (Å²) in [5, 5.41) is 20.0. The summed E-state index contributed by atoms with van der Waals surface area (Å²) in [6.07, 6.45) is 0.941. The zero-order chi connectivity index (χ0) is 19.9. The van der Waals surface area contributed by atoms with Crippen LogP contribution in [0.15, 0.2) is 59.6 Å². The Kier molecular flexibility index (Phi) is 5.98. The van der Waals surface area contributed by atoms with E-state index in [0.29, 0.717) is 10.5 Å². The third kappa shape index (κ3) is 4.72. The van der Waals surface area contributed by atoms with Crippen LogP contribution in [0.1, 0.15) is 11.1 Å². The van der Waals surface area contributed by atoms with Gasteiger partial charge in [0, 0.05) is 6.07 Å². The first-order valence-electron chi connectivity index (χ1n) is 7.87. The SMILES string of the molecule is N#Cc1cccc(COc2ncc(F)c(NSc3ccccc3[N+](=O)[O-])n2)c1. The second kappa shape index (κ2) is 8.79. The van der Waals surface area contributed by atoms with Crippen LogP contribution in [0.25, 0.3) is 0 Å². The van der Waals surface area contributed by atoms with E-state index in [4.69, 9.17) is 10.00 Å². The highest BCUT2D eigenvalue weighted by atomic mass is 32.2. The van der Waals surface area contributed by atoms with Crippen LogP contribution in [0.4, 0.5) is 15.9 Å². The molecule has 0 spiro atoms. The van der Waals surface area contributed by atoms with Gasteiger partial charge in [0.05, 0.1) is 22.8 Å². The van der Waals surface area contributed by atoms with Crippen molar-refractivity contribution < 1.29 is 14.1 Å². The second-order valence-electron chi connectivity index (χ2n) is 5.38. The minimum Gasteiger partial charge on any atom is -0.459 e. The van der Waals surface area contributed by atoms with Crippen molar-refractivity contribution in [2.75, 3.05) is 4.72 Å². The average Bonchev–Trinajstić information content (AvgIpc) is 2.72. The number of ether oxygens (including phenoxy) is 1. The van der Waals surface area contributed by atoms with E-state index < -0.39 is 10.7 Å². The van der Waals surface area contributed by atoms with E-state index in [9.17, 15) is 14.5 Å². The van der Waals surface area contributed by atoms with Crippen molar-refractivity contribution in [1.29, 1.82) is 5.26 Å². The zero-order valence-corrected chi connectivity index (χ0v) is 15.0. The van der Waals surface area contributed by atoms with Crippen LogP contribution in [-0.2, 0) is 6.61 Å². The quantitative estimate of drug-likeness (QED) is 0.360. The van der Waals surface area contributed by atoms with Crippen molar-refractivity contribution in [3.05, 3.63) is 81.8 Å². The molecule has 0 fully saturated rings. The second-order valence-corrected chi connectivity index (χ2v) is 6.23. The van der Waals surface area contributed by atoms with E-state index in [1.165, 1.54) is 12.1 Å². The molecule has 0 amide bonds. The van der Waals surface area contributed by atoms with Gasteiger partial charge in [-0.25, -0.2) is 9.37 Å². The molecule has 0 unspecified atom stereocenters. The fraction of sp³-hybridized carbons (Fsp3) is 0.0556. The van der Waals surface area contributed by atoms with E-state index in [-0.39, 0.29) is 24.1 Å². The Morgan fingerprint density at radius 2 is 2.11 bits per heavy atom. The maximum absolute atomic E-state index is 14.0. The number of nitro benzene ring substituents is 1. The number of nitrogens with one attached hydrogen (secondary N) is 1. The summed E-state index contributed by atoms with van der Waals surface area (Å²) in [6.45, 7) is 0.0951. The van der Waals surface area contributed by atoms with Gasteiger partial charge in [-0.2, -0.15) is 10.2 Å². The maximum Gasteiger partial charge on any atom is 0.318 e. The third-order valence-electron chi connectivity index (χ3n) is 3.47. The Bertz CT molecular complexity index is 1060. The number of hydrogen-bond acceptors (Lipinski definition) is 8. The van der Waals surface area contributed by atoms with Gasteiger partial charge < -0.3 is 9.46 Å². The Morgan fingerprint density at radius 3 is 2.89 bits per heavy atom. The van der Waals surface area contributed by atoms with Crippen LogP contribution < -0.4 is 9.46 Å². The van der Waals surface area contributed by atoms with E-state index in [2.05, 4.69) is 14.7 Å². The lowest BCUT2D eigenvalue weighted by molar-refractivity contribution is -0.387. The molecule has 0 atom stereocenters. The van der Waals surface area contributed by atoms with Crippen LogP contribution in [0.2, 0.25) is 0 Å². The fourth-order valence-corrected chi connectivity index (χ4v) is 2.91. The van der Waals surface area contributed by atoms with Crippen molar-refractivity contribution in [2.24, 2.45) is 0 Å². The lowest BCUT2D eigenvalue weighted by Crippen LogP contribution is -2.03. The molecule has 8 nitrogen and oxygen atoms in total. The van der Waals surface area contributed by atoms with Crippen LogP contribution in [0, 0.1) is 27.3 Å². The summed E-state index contributed by atoms with van der Waals surface area (Å²) in [5.41, 5.74) is 1.11. The Hall–Kier alpha value is -3.71. The molecule has 1 heterocycles. The predicted molar refractivity (Wildman–Crippen MR) is 100 cm³/mol. The van der Waals surface area contributed by atoms with E-state index in [1.54, 1.807) is 36.4 Å². The third-order valence-corrected chi connectivity index (χ3v) is 4.33. The predicted octanol–water partition coefficient (Wildman–Crippen LogP) is 4.09. The number of nitrogens with zero attached hydrogens (tertiary/aromatic N) is 4. The van der Waals surface area contributed by atoms with Crippen molar-refractivity contribution >= 4 is 23.5 Å². The largest absolute Gasteiger partial charge is 0.459 e. The molecule has 0 aliphatic heterocycles. The Labute approximate surface area is 163 Å². The number of nitro groups is 1. The summed E-state index contributed by atoms with van der Waals surface area (Å²) >= 11 is 0.857. The number of rotatable bonds is 7. The van der Waals surface area contributed by atoms with Crippen LogP contribution >= 0.6 is 11.9 Å². The van der Waals surface area contributed by atoms with Crippen molar-refractivity contribution in [2.45, 2.75) is 11.5 Å². The van der Waals surface area contributed by atoms with Crippen molar-refractivity contribution in [3.8, 4) is 12.1 Å². The molecule has 140 valence electrons. The summed E-state index contributed by atoms with van der Waals surface area (Å²) < 4.78 is 22.1. The zero-order valence-electron chi connectivity index (χ0n) is 14.2. The van der Waals surface area contributed by atoms with Gasteiger partial charge in [-0.3, -0.25) is 10.1 Å². The van der Waals surface area contributed by atoms with Gasteiger partial charge in [0.25, 0.3) is 5.69 Å². The molecule has 10 heteroatoms. The van der Waals surface area contributed by atoms with E-state index in [0.717, 1.165) is 23.7 Å². The molecule has 0 saturated carbocycles. The number of para-hydroxylation sites is 1. The van der Waals surface area contributed by atoms with Gasteiger partial charge in [0.1, 0.15) is 11.5 Å². The van der Waals surface area contributed by atoms with Gasteiger partial charge >= 0.3 is 6.01 Å². The minimum atomic E-state index is -0.732. The molecule has 3 rings (SSSR count). The first-order valence-corrected chi connectivity index (χ1v) is 8.69. The molecule has 0 aliphatic carbocycles. The number of hydrogen-bond donors (Lipinski definition) is 1. The Balaban J connectivity index is 1.70. The lowest BCUT2D eigenvalue weighted by Gasteiger charge is -2.09. The molecular weight excluding hydrogens is 385 g/mol. The first-order chi connectivity index (χ1) is 13.6. The highest BCUT2D eigenvalue weighted by molar-refractivity contribution is 8.00. The van der Waals surface area contributed by atoms with Gasteiger partial charge in [-0.05, 0) is 35.7 Å². The Morgan fingerprint density at radius 1 is 1.29 bits per heavy atom. The first kappa shape index (κ1) is 19.1. The highest BCUT2D eigenvalue weighted by Gasteiger charge is 2.15. The molecule has 0 radical (unpaired) electrons. The molecule has 0 bridgehead atoms. The summed E-state index contributed by atoms with van der Waals surface area (Å²) in [5.74, 6) is -0.899. The number of halogens is 1. The summed E-state index contributed by atoms with van der Waals surface area (Å²) in [7, 11) is 0. The maximum atomic E-state index is 14.0. The molecule has 2 aromatic carbocycles. The topological polar surface area (TPSA) is 114 Å². The standard InChI is InChI=1S/C18H12FN5O3S/c19-14-10-21-18(27-11-13-5-3-4-12(8-13)9-20)22-17(14)23-28-16-7-2-1-6-15(16)24(25)26/h1-8,10H,11H2,(H,21,22,23). The lowest BCUT2D eigenvalue weighted by atomic mass is 10.1. The average molecular weight is 397 g/mol. The van der Waals surface area contributed by atoms with Gasteiger partial charge in [0.2, 0.25) is 0 Å². The molecule has 0 saturated heterocycles. The van der Waals surface area contributed by atoms with Crippen LogP contribution in [0.5, 0.6) is 6.01 Å². The molecule has 1 N–H and O–H groups in total. The highest BCUT2D eigenvalue weighted by Crippen LogP contribution is 2.30. The minimum absolute atomic E-state index is 0.0746. The molecule has 28 heavy (non-hydrogen) atoms. The molecule has 1 aromatic heterocycles. The van der Waals surface area contributed by atoms with Crippen molar-refractivity contribution in [1.82, 2.24) is 9.97 Å². The summed E-state index contributed by atoms with van der Waals surface area (Å²) in [6, 6.07) is 14.8.